The lowest BCUT2D eigenvalue weighted by molar-refractivity contribution is 0.0984. The highest BCUT2D eigenvalue weighted by Crippen LogP contribution is 2.31. The first kappa shape index (κ1) is 24.8. The van der Waals surface area contributed by atoms with E-state index in [9.17, 15) is 13.2 Å². The van der Waals surface area contributed by atoms with Crippen LogP contribution in [0.4, 0.5) is 10.8 Å². The summed E-state index contributed by atoms with van der Waals surface area (Å²) in [5.41, 5.74) is 1.33. The van der Waals surface area contributed by atoms with Crippen molar-refractivity contribution in [2.75, 3.05) is 35.8 Å². The van der Waals surface area contributed by atoms with Crippen LogP contribution in [0.3, 0.4) is 0 Å². The first-order chi connectivity index (χ1) is 16.9. The van der Waals surface area contributed by atoms with Crippen molar-refractivity contribution in [3.05, 3.63) is 84.4 Å². The Morgan fingerprint density at radius 2 is 1.54 bits per heavy atom. The Morgan fingerprint density at radius 1 is 0.886 bits per heavy atom. The van der Waals surface area contributed by atoms with E-state index in [-0.39, 0.29) is 22.1 Å². The number of hydrogen-bond acceptors (Lipinski definition) is 6. The van der Waals surface area contributed by atoms with E-state index in [0.29, 0.717) is 18.2 Å². The van der Waals surface area contributed by atoms with Gasteiger partial charge in [0.25, 0.3) is 15.9 Å². The molecule has 9 heteroatoms. The summed E-state index contributed by atoms with van der Waals surface area (Å²) in [5.74, 6) is -0.303. The van der Waals surface area contributed by atoms with E-state index >= 15 is 0 Å². The summed E-state index contributed by atoms with van der Waals surface area (Å²) in [6, 6.07) is 22.6. The molecule has 0 aliphatic heterocycles. The van der Waals surface area contributed by atoms with Crippen molar-refractivity contribution in [2.45, 2.75) is 18.7 Å². The first-order valence-corrected chi connectivity index (χ1v) is 13.8. The predicted octanol–water partition coefficient (Wildman–Crippen LogP) is 5.09. The molecule has 0 saturated heterocycles. The Hall–Kier alpha value is -3.27. The van der Waals surface area contributed by atoms with Crippen LogP contribution in [-0.4, -0.2) is 50.4 Å². The molecule has 4 aromatic rings. The molecular weight excluding hydrogens is 480 g/mol. The number of nitrogens with zero attached hydrogens (tertiary/aromatic N) is 3. The van der Waals surface area contributed by atoms with Gasteiger partial charge in [-0.1, -0.05) is 67.6 Å². The molecule has 1 heterocycles. The third kappa shape index (κ3) is 5.70. The van der Waals surface area contributed by atoms with Gasteiger partial charge < -0.3 is 4.90 Å². The summed E-state index contributed by atoms with van der Waals surface area (Å²) in [4.78, 5) is 22.6. The van der Waals surface area contributed by atoms with Crippen LogP contribution in [-0.2, 0) is 10.0 Å². The lowest BCUT2D eigenvalue weighted by atomic mass is 10.1. The van der Waals surface area contributed by atoms with Gasteiger partial charge in [0, 0.05) is 13.1 Å². The molecule has 0 fully saturated rings. The zero-order valence-corrected chi connectivity index (χ0v) is 21.3. The Balaban J connectivity index is 1.70. The van der Waals surface area contributed by atoms with Gasteiger partial charge in [-0.15, -0.1) is 0 Å². The van der Waals surface area contributed by atoms with Gasteiger partial charge in [0.2, 0.25) is 0 Å². The standard InChI is InChI=1S/C26H28N4O3S2/c1-3-29(4-2)18-19-30(26-27-23-16-10-11-17-24(23)34-26)25(31)21-14-8-9-15-22(21)28-35(32,33)20-12-6-5-7-13-20/h5-17,28H,3-4,18-19H2,1-2H3. The van der Waals surface area contributed by atoms with Gasteiger partial charge in [0.1, 0.15) is 0 Å². The fraction of sp³-hybridized carbons (Fsp3) is 0.231. The zero-order valence-electron chi connectivity index (χ0n) is 19.7. The number of thiazole rings is 1. The normalized spacial score (nSPS) is 11.6. The van der Waals surface area contributed by atoms with Crippen LogP contribution in [0.5, 0.6) is 0 Å². The van der Waals surface area contributed by atoms with Crippen LogP contribution in [0.2, 0.25) is 0 Å². The second kappa shape index (κ2) is 11.0. The second-order valence-corrected chi connectivity index (χ2v) is 10.6. The van der Waals surface area contributed by atoms with E-state index in [1.807, 2.05) is 24.3 Å². The quantitative estimate of drug-likeness (QED) is 0.323. The maximum absolute atomic E-state index is 13.9. The minimum atomic E-state index is -3.86. The van der Waals surface area contributed by atoms with Crippen molar-refractivity contribution in [1.29, 1.82) is 0 Å². The van der Waals surface area contributed by atoms with Crippen LogP contribution < -0.4 is 9.62 Å². The SMILES string of the molecule is CCN(CC)CCN(C(=O)c1ccccc1NS(=O)(=O)c1ccccc1)c1nc2ccccc2s1. The average molecular weight is 509 g/mol. The largest absolute Gasteiger partial charge is 0.302 e. The molecule has 1 N–H and O–H groups in total. The van der Waals surface area contributed by atoms with Crippen molar-refractivity contribution in [1.82, 2.24) is 9.88 Å². The molecule has 7 nitrogen and oxygen atoms in total. The third-order valence-corrected chi connectivity index (χ3v) is 8.19. The minimum Gasteiger partial charge on any atom is -0.302 e. The highest BCUT2D eigenvalue weighted by molar-refractivity contribution is 7.92. The Labute approximate surface area is 210 Å². The summed E-state index contributed by atoms with van der Waals surface area (Å²) in [6.45, 7) is 7.01. The summed E-state index contributed by atoms with van der Waals surface area (Å²) >= 11 is 1.45. The number of nitrogens with one attached hydrogen (secondary N) is 1. The number of hydrogen-bond donors (Lipinski definition) is 1. The molecule has 3 aromatic carbocycles. The third-order valence-electron chi connectivity index (χ3n) is 5.75. The molecule has 0 unspecified atom stereocenters. The van der Waals surface area contributed by atoms with E-state index in [1.54, 1.807) is 47.4 Å². The van der Waals surface area contributed by atoms with E-state index in [1.165, 1.54) is 23.5 Å². The van der Waals surface area contributed by atoms with Gasteiger partial charge in [0.05, 0.1) is 26.4 Å². The molecule has 182 valence electrons. The number of sulfonamides is 1. The highest BCUT2D eigenvalue weighted by Gasteiger charge is 2.25. The monoisotopic (exact) mass is 508 g/mol. The first-order valence-electron chi connectivity index (χ1n) is 11.5. The minimum absolute atomic E-state index is 0.131. The molecule has 4 rings (SSSR count). The second-order valence-electron chi connectivity index (χ2n) is 7.91. The molecule has 1 aromatic heterocycles. The van der Waals surface area contributed by atoms with E-state index in [2.05, 4.69) is 23.5 Å². The smallest absolute Gasteiger partial charge is 0.262 e. The summed E-state index contributed by atoms with van der Waals surface area (Å²) in [5, 5.41) is 0.587. The molecule has 0 aliphatic rings. The molecular formula is C26H28N4O3S2. The van der Waals surface area contributed by atoms with Crippen LogP contribution >= 0.6 is 11.3 Å². The van der Waals surface area contributed by atoms with Gasteiger partial charge in [-0.05, 0) is 49.5 Å². The topological polar surface area (TPSA) is 82.6 Å². The number of para-hydroxylation sites is 2. The Bertz CT molecular complexity index is 1370. The van der Waals surface area contributed by atoms with Crippen molar-refractivity contribution in [3.8, 4) is 0 Å². The van der Waals surface area contributed by atoms with Crippen molar-refractivity contribution >= 4 is 48.3 Å². The molecule has 0 aliphatic carbocycles. The number of carbonyl (C=O) groups is 1. The lowest BCUT2D eigenvalue weighted by Crippen LogP contribution is -2.39. The number of aromatic nitrogens is 1. The number of carbonyl (C=O) groups excluding carboxylic acids is 1. The number of anilines is 2. The number of fused-ring (bicyclic) bond motifs is 1. The van der Waals surface area contributed by atoms with Crippen LogP contribution in [0.25, 0.3) is 10.2 Å². The summed E-state index contributed by atoms with van der Waals surface area (Å²) in [6.07, 6.45) is 0. The number of likely N-dealkylation sites (N-methyl/N-ethyl adjacent to an activating group) is 1. The number of rotatable bonds is 10. The van der Waals surface area contributed by atoms with Gasteiger partial charge >= 0.3 is 0 Å². The number of benzene rings is 3. The zero-order chi connectivity index (χ0) is 24.8. The summed E-state index contributed by atoms with van der Waals surface area (Å²) in [7, 11) is -3.86. The molecule has 1 amide bonds. The lowest BCUT2D eigenvalue weighted by Gasteiger charge is -2.25. The van der Waals surface area contributed by atoms with Crippen molar-refractivity contribution in [3.63, 3.8) is 0 Å². The molecule has 0 spiro atoms. The fourth-order valence-corrected chi connectivity index (χ4v) is 5.84. The van der Waals surface area contributed by atoms with E-state index in [0.717, 1.165) is 23.3 Å². The molecule has 0 saturated carbocycles. The van der Waals surface area contributed by atoms with Crippen LogP contribution in [0.15, 0.2) is 83.8 Å². The highest BCUT2D eigenvalue weighted by atomic mass is 32.2. The number of amides is 1. The van der Waals surface area contributed by atoms with E-state index < -0.39 is 10.0 Å². The predicted molar refractivity (Wildman–Crippen MR) is 143 cm³/mol. The summed E-state index contributed by atoms with van der Waals surface area (Å²) < 4.78 is 29.5. The van der Waals surface area contributed by atoms with Crippen molar-refractivity contribution < 1.29 is 13.2 Å². The Kier molecular flexibility index (Phi) is 7.80. The molecule has 0 atom stereocenters. The van der Waals surface area contributed by atoms with E-state index in [4.69, 9.17) is 4.98 Å². The van der Waals surface area contributed by atoms with Crippen LogP contribution in [0.1, 0.15) is 24.2 Å². The van der Waals surface area contributed by atoms with Gasteiger partial charge in [-0.3, -0.25) is 14.4 Å². The average Bonchev–Trinajstić information content (AvgIpc) is 3.31. The molecule has 0 bridgehead atoms. The van der Waals surface area contributed by atoms with Gasteiger partial charge in [0.15, 0.2) is 5.13 Å². The van der Waals surface area contributed by atoms with Crippen LogP contribution in [0, 0.1) is 0 Å². The maximum atomic E-state index is 13.9. The van der Waals surface area contributed by atoms with Crippen molar-refractivity contribution in [2.24, 2.45) is 0 Å². The molecule has 35 heavy (non-hydrogen) atoms. The van der Waals surface area contributed by atoms with Gasteiger partial charge in [-0.2, -0.15) is 0 Å². The van der Waals surface area contributed by atoms with Gasteiger partial charge in [-0.25, -0.2) is 13.4 Å². The molecule has 0 radical (unpaired) electrons. The fourth-order valence-electron chi connectivity index (χ4n) is 3.75. The maximum Gasteiger partial charge on any atom is 0.262 e. The Morgan fingerprint density at radius 3 is 2.26 bits per heavy atom.